The van der Waals surface area contributed by atoms with Crippen LogP contribution < -0.4 is 5.32 Å². The van der Waals surface area contributed by atoms with Gasteiger partial charge in [-0.05, 0) is 18.9 Å². The van der Waals surface area contributed by atoms with Gasteiger partial charge in [0.2, 0.25) is 0 Å². The molecular weight excluding hydrogens is 226 g/mol. The van der Waals surface area contributed by atoms with E-state index in [9.17, 15) is 8.42 Å². The van der Waals surface area contributed by atoms with Crippen molar-refractivity contribution in [2.24, 2.45) is 5.41 Å². The monoisotopic (exact) mass is 251 g/mol. The minimum atomic E-state index is -2.99. The van der Waals surface area contributed by atoms with Crippen LogP contribution in [0, 0.1) is 5.41 Å². The van der Waals surface area contributed by atoms with Crippen LogP contribution in [0.4, 0.5) is 0 Å². The molecule has 0 saturated heterocycles. The molecule has 0 aliphatic carbocycles. The van der Waals surface area contributed by atoms with Gasteiger partial charge < -0.3 is 10.1 Å². The average Bonchev–Trinajstić information content (AvgIpc) is 2.12. The maximum absolute atomic E-state index is 11.8. The number of nitrogens with one attached hydrogen (secondary N) is 1. The van der Waals surface area contributed by atoms with E-state index in [0.717, 1.165) is 0 Å². The van der Waals surface area contributed by atoms with Crippen LogP contribution >= 0.6 is 0 Å². The first-order valence-corrected chi connectivity index (χ1v) is 7.41. The lowest BCUT2D eigenvalue weighted by molar-refractivity contribution is 0.199. The standard InChI is InChI=1S/C11H25NO3S/c1-11(2,3)10(12-4)9-16(13,14)8-6-7-15-5/h10,12H,6-9H2,1-5H3. The summed E-state index contributed by atoms with van der Waals surface area (Å²) in [6.45, 7) is 6.62. The van der Waals surface area contributed by atoms with E-state index in [1.54, 1.807) is 14.2 Å². The van der Waals surface area contributed by atoms with Crippen molar-refractivity contribution in [1.82, 2.24) is 5.32 Å². The highest BCUT2D eigenvalue weighted by molar-refractivity contribution is 7.91. The summed E-state index contributed by atoms with van der Waals surface area (Å²) in [5.74, 6) is 0.395. The number of sulfone groups is 1. The molecule has 0 heterocycles. The number of ether oxygens (including phenoxy) is 1. The fourth-order valence-electron chi connectivity index (χ4n) is 1.53. The Morgan fingerprint density at radius 2 is 1.88 bits per heavy atom. The molecule has 4 nitrogen and oxygen atoms in total. The van der Waals surface area contributed by atoms with E-state index in [2.05, 4.69) is 5.32 Å². The van der Waals surface area contributed by atoms with Crippen molar-refractivity contribution in [1.29, 1.82) is 0 Å². The van der Waals surface area contributed by atoms with E-state index >= 15 is 0 Å². The van der Waals surface area contributed by atoms with Crippen LogP contribution in [0.15, 0.2) is 0 Å². The van der Waals surface area contributed by atoms with Crippen molar-refractivity contribution in [3.63, 3.8) is 0 Å². The first-order valence-electron chi connectivity index (χ1n) is 5.59. The van der Waals surface area contributed by atoms with Crippen LogP contribution in [0.5, 0.6) is 0 Å². The summed E-state index contributed by atoms with van der Waals surface area (Å²) in [5, 5.41) is 3.08. The second kappa shape index (κ2) is 6.57. The summed E-state index contributed by atoms with van der Waals surface area (Å²) in [7, 11) is 0.397. The van der Waals surface area contributed by atoms with Crippen molar-refractivity contribution in [2.45, 2.75) is 33.2 Å². The van der Waals surface area contributed by atoms with E-state index in [-0.39, 0.29) is 23.0 Å². The van der Waals surface area contributed by atoms with E-state index in [1.807, 2.05) is 20.8 Å². The summed E-state index contributed by atoms with van der Waals surface area (Å²) >= 11 is 0. The molecule has 0 aliphatic rings. The van der Waals surface area contributed by atoms with E-state index in [4.69, 9.17) is 4.74 Å². The van der Waals surface area contributed by atoms with Crippen molar-refractivity contribution < 1.29 is 13.2 Å². The van der Waals surface area contributed by atoms with Gasteiger partial charge in [-0.1, -0.05) is 20.8 Å². The van der Waals surface area contributed by atoms with Gasteiger partial charge in [-0.15, -0.1) is 0 Å². The third-order valence-corrected chi connectivity index (χ3v) is 4.37. The number of hydrogen-bond donors (Lipinski definition) is 1. The molecule has 5 heteroatoms. The van der Waals surface area contributed by atoms with Crippen LogP contribution in [0.1, 0.15) is 27.2 Å². The average molecular weight is 251 g/mol. The second-order valence-electron chi connectivity index (χ2n) is 5.17. The molecule has 1 unspecified atom stereocenters. The largest absolute Gasteiger partial charge is 0.385 e. The van der Waals surface area contributed by atoms with Gasteiger partial charge in [0.25, 0.3) is 0 Å². The molecule has 0 aromatic heterocycles. The number of rotatable bonds is 7. The lowest BCUT2D eigenvalue weighted by Gasteiger charge is -2.30. The van der Waals surface area contributed by atoms with E-state index in [1.165, 1.54) is 0 Å². The SMILES string of the molecule is CNC(CS(=O)(=O)CCCOC)C(C)(C)C. The molecule has 0 saturated carbocycles. The van der Waals surface area contributed by atoms with Crippen LogP contribution in [0.25, 0.3) is 0 Å². The first-order chi connectivity index (χ1) is 7.23. The quantitative estimate of drug-likeness (QED) is 0.688. The molecule has 0 bridgehead atoms. The van der Waals surface area contributed by atoms with Crippen molar-refractivity contribution in [3.05, 3.63) is 0 Å². The zero-order valence-corrected chi connectivity index (χ0v) is 11.9. The van der Waals surface area contributed by atoms with Gasteiger partial charge in [0.15, 0.2) is 9.84 Å². The summed E-state index contributed by atoms with van der Waals surface area (Å²) in [6, 6.07) is -0.0138. The van der Waals surface area contributed by atoms with Gasteiger partial charge in [0.05, 0.1) is 11.5 Å². The van der Waals surface area contributed by atoms with Gasteiger partial charge in [0, 0.05) is 19.8 Å². The second-order valence-corrected chi connectivity index (χ2v) is 7.40. The zero-order chi connectivity index (χ0) is 12.8. The van der Waals surface area contributed by atoms with Crippen molar-refractivity contribution in [2.75, 3.05) is 32.3 Å². The molecule has 1 atom stereocenters. The molecule has 0 amide bonds. The Labute approximate surface area is 99.7 Å². The summed E-state index contributed by atoms with van der Waals surface area (Å²) in [4.78, 5) is 0. The van der Waals surface area contributed by atoms with Crippen molar-refractivity contribution in [3.8, 4) is 0 Å². The summed E-state index contributed by atoms with van der Waals surface area (Å²) < 4.78 is 28.5. The Hall–Kier alpha value is -0.130. The van der Waals surface area contributed by atoms with Crippen LogP contribution in [0.2, 0.25) is 0 Å². The fraction of sp³-hybridized carbons (Fsp3) is 1.00. The van der Waals surface area contributed by atoms with Gasteiger partial charge >= 0.3 is 0 Å². The molecule has 0 spiro atoms. The lowest BCUT2D eigenvalue weighted by atomic mass is 9.88. The fourth-order valence-corrected chi connectivity index (χ4v) is 3.43. The van der Waals surface area contributed by atoms with E-state index in [0.29, 0.717) is 13.0 Å². The molecule has 0 aromatic rings. The molecule has 0 aliphatic heterocycles. The minimum absolute atomic E-state index is 0.0138. The minimum Gasteiger partial charge on any atom is -0.385 e. The number of methoxy groups -OCH3 is 1. The highest BCUT2D eigenvalue weighted by Crippen LogP contribution is 2.20. The van der Waals surface area contributed by atoms with Crippen LogP contribution in [-0.4, -0.2) is 46.7 Å². The normalized spacial score (nSPS) is 15.1. The van der Waals surface area contributed by atoms with Crippen LogP contribution in [0.3, 0.4) is 0 Å². The molecular formula is C11H25NO3S. The Balaban J connectivity index is 4.33. The lowest BCUT2D eigenvalue weighted by Crippen LogP contribution is -2.43. The Bertz CT molecular complexity index is 280. The predicted molar refractivity (Wildman–Crippen MR) is 67.4 cm³/mol. The van der Waals surface area contributed by atoms with Gasteiger partial charge in [0.1, 0.15) is 0 Å². The predicted octanol–water partition coefficient (Wildman–Crippen LogP) is 1.07. The van der Waals surface area contributed by atoms with Crippen molar-refractivity contribution >= 4 is 9.84 Å². The van der Waals surface area contributed by atoms with Crippen LogP contribution in [-0.2, 0) is 14.6 Å². The van der Waals surface area contributed by atoms with Gasteiger partial charge in [-0.3, -0.25) is 0 Å². The molecule has 16 heavy (non-hydrogen) atoms. The number of hydrogen-bond acceptors (Lipinski definition) is 4. The smallest absolute Gasteiger partial charge is 0.151 e. The summed E-state index contributed by atoms with van der Waals surface area (Å²) in [6.07, 6.45) is 0.569. The Morgan fingerprint density at radius 3 is 2.25 bits per heavy atom. The molecule has 1 N–H and O–H groups in total. The molecule has 0 aromatic carbocycles. The summed E-state index contributed by atoms with van der Waals surface area (Å²) in [5.41, 5.74) is -0.0525. The molecule has 0 rings (SSSR count). The van der Waals surface area contributed by atoms with Gasteiger partial charge in [-0.25, -0.2) is 8.42 Å². The highest BCUT2D eigenvalue weighted by Gasteiger charge is 2.27. The van der Waals surface area contributed by atoms with Gasteiger partial charge in [-0.2, -0.15) is 0 Å². The first kappa shape index (κ1) is 15.9. The Kier molecular flexibility index (Phi) is 6.51. The molecule has 0 radical (unpaired) electrons. The third-order valence-electron chi connectivity index (χ3n) is 2.62. The maximum Gasteiger partial charge on any atom is 0.151 e. The molecule has 0 fully saturated rings. The highest BCUT2D eigenvalue weighted by atomic mass is 32.2. The van der Waals surface area contributed by atoms with E-state index < -0.39 is 9.84 Å². The molecule has 98 valence electrons. The Morgan fingerprint density at radius 1 is 1.31 bits per heavy atom. The zero-order valence-electron chi connectivity index (χ0n) is 11.0. The maximum atomic E-state index is 11.8. The topological polar surface area (TPSA) is 55.4 Å². The third kappa shape index (κ3) is 6.45.